The first-order chi connectivity index (χ1) is 18.0. The average Bonchev–Trinajstić information content (AvgIpc) is 2.83. The number of amides is 1. The minimum Gasteiger partial charge on any atom is -0.402 e. The number of benzene rings is 1. The molecule has 4 rings (SSSR count). The summed E-state index contributed by atoms with van der Waals surface area (Å²) in [5.41, 5.74) is 15.0. The van der Waals surface area contributed by atoms with E-state index < -0.39 is 11.4 Å². The maximum atomic E-state index is 13.7. The summed E-state index contributed by atoms with van der Waals surface area (Å²) < 4.78 is 27.4. The number of carbonyl (C=O) groups is 1. The van der Waals surface area contributed by atoms with Crippen LogP contribution in [0.2, 0.25) is 0 Å². The number of carbonyl (C=O) groups excluding carboxylic acids is 1. The Hall–Kier alpha value is -2.86. The molecule has 2 unspecified atom stereocenters. The second kappa shape index (κ2) is 11.5. The van der Waals surface area contributed by atoms with Gasteiger partial charge < -0.3 is 16.4 Å². The predicted octanol–water partition coefficient (Wildman–Crippen LogP) is 6.57. The lowest BCUT2D eigenvalue weighted by Crippen LogP contribution is -2.49. The number of aryl methyl sites for hydroxylation is 1. The zero-order chi connectivity index (χ0) is 27.6. The Balaban J connectivity index is 1.68. The van der Waals surface area contributed by atoms with E-state index >= 15 is 0 Å². The summed E-state index contributed by atoms with van der Waals surface area (Å²) in [6.07, 6.45) is 7.64. The van der Waals surface area contributed by atoms with Gasteiger partial charge in [0.25, 0.3) is 11.6 Å². The van der Waals surface area contributed by atoms with Crippen LogP contribution < -0.4 is 11.5 Å². The zero-order valence-corrected chi connectivity index (χ0v) is 23.6. The van der Waals surface area contributed by atoms with Gasteiger partial charge in [0, 0.05) is 41.8 Å². The number of aliphatic imine (C=N–C) groups is 1. The molecule has 0 bridgehead atoms. The maximum absolute atomic E-state index is 13.7. The molecule has 2 atom stereocenters. The zero-order valence-electron chi connectivity index (χ0n) is 22.4. The lowest BCUT2D eigenvalue weighted by molar-refractivity contribution is 0.0698. The van der Waals surface area contributed by atoms with Crippen molar-refractivity contribution < 1.29 is 13.6 Å². The monoisotopic (exact) mass is 541 g/mol. The number of pyridine rings is 1. The van der Waals surface area contributed by atoms with Gasteiger partial charge in [-0.2, -0.15) is 8.78 Å². The first-order valence-corrected chi connectivity index (χ1v) is 14.0. The number of hydrogen-bond donors (Lipinski definition) is 2. The Morgan fingerprint density at radius 2 is 2.00 bits per heavy atom. The SMILES string of the molecule is CCC/C(N)=C1/C(=Nc2ccc(C3CCC3)cc2C)CCN(C(=O)c2cnc(C(F)(F)P)cc2N)C1CC. The summed E-state index contributed by atoms with van der Waals surface area (Å²) in [5.74, 6) is 0.311. The van der Waals surface area contributed by atoms with Gasteiger partial charge in [-0.1, -0.05) is 48.1 Å². The fraction of sp³-hybridized carbons (Fsp3) is 0.483. The third-order valence-electron chi connectivity index (χ3n) is 7.68. The third-order valence-corrected chi connectivity index (χ3v) is 7.98. The molecular formula is C29H38F2N5OP. The summed E-state index contributed by atoms with van der Waals surface area (Å²) in [6.45, 7) is 6.58. The molecule has 1 amide bonds. The van der Waals surface area contributed by atoms with E-state index in [4.69, 9.17) is 16.5 Å². The van der Waals surface area contributed by atoms with Crippen LogP contribution in [0.15, 0.2) is 46.7 Å². The number of likely N-dealkylation sites (tertiary alicyclic amines) is 1. The minimum absolute atomic E-state index is 0.0225. The van der Waals surface area contributed by atoms with Crippen LogP contribution in [0.1, 0.15) is 91.9 Å². The van der Waals surface area contributed by atoms with Crippen molar-refractivity contribution in [3.05, 3.63) is 64.1 Å². The predicted molar refractivity (Wildman–Crippen MR) is 153 cm³/mol. The van der Waals surface area contributed by atoms with E-state index in [0.29, 0.717) is 31.7 Å². The number of nitrogen functional groups attached to an aromatic ring is 1. The van der Waals surface area contributed by atoms with Crippen molar-refractivity contribution in [2.75, 3.05) is 12.3 Å². The van der Waals surface area contributed by atoms with Crippen LogP contribution in [0.25, 0.3) is 0 Å². The second-order valence-corrected chi connectivity index (χ2v) is 11.1. The van der Waals surface area contributed by atoms with Crippen LogP contribution in [0.4, 0.5) is 20.2 Å². The Labute approximate surface area is 226 Å². The Morgan fingerprint density at radius 1 is 1.26 bits per heavy atom. The molecule has 1 saturated heterocycles. The standard InChI is InChI=1S/C29H38F2N5OP/c1-4-7-21(32)27-24(35-23-11-10-19(14-17(23)3)18-8-6-9-18)12-13-36(25(27)5-2)28(37)20-16-34-26(15-22(20)33)29(30,31)38/h10-11,14-16,18,25H,4-9,12-13,32,38H2,1-3H3,(H2,33,34)/b27-21+,35-24?. The summed E-state index contributed by atoms with van der Waals surface area (Å²) in [4.78, 5) is 24.3. The number of aromatic nitrogens is 1. The van der Waals surface area contributed by atoms with Crippen molar-refractivity contribution >= 4 is 32.2 Å². The molecule has 1 aliphatic heterocycles. The highest BCUT2D eigenvalue weighted by atomic mass is 31.0. The van der Waals surface area contributed by atoms with E-state index in [1.54, 1.807) is 4.90 Å². The molecule has 2 aromatic rings. The maximum Gasteiger partial charge on any atom is 0.300 e. The topological polar surface area (TPSA) is 97.6 Å². The number of halogens is 2. The molecule has 1 saturated carbocycles. The van der Waals surface area contributed by atoms with Crippen molar-refractivity contribution in [2.45, 2.75) is 83.3 Å². The van der Waals surface area contributed by atoms with Gasteiger partial charge in [-0.05, 0) is 61.8 Å². The molecule has 6 nitrogen and oxygen atoms in total. The van der Waals surface area contributed by atoms with Gasteiger partial charge in [-0.25, -0.2) is 0 Å². The molecule has 9 heteroatoms. The molecule has 1 aromatic carbocycles. The minimum atomic E-state index is -3.23. The molecule has 2 fully saturated rings. The number of anilines is 1. The highest BCUT2D eigenvalue weighted by molar-refractivity contribution is 7.17. The molecule has 204 valence electrons. The fourth-order valence-electron chi connectivity index (χ4n) is 5.38. The normalized spacial score (nSPS) is 20.9. The average molecular weight is 542 g/mol. The number of nitrogens with two attached hydrogens (primary N) is 2. The van der Waals surface area contributed by atoms with Crippen LogP contribution in [-0.2, 0) is 5.66 Å². The van der Waals surface area contributed by atoms with Crippen molar-refractivity contribution in [2.24, 2.45) is 10.7 Å². The molecule has 4 N–H and O–H groups in total. The highest BCUT2D eigenvalue weighted by Crippen LogP contribution is 2.39. The number of nitrogens with zero attached hydrogens (tertiary/aromatic N) is 3. The van der Waals surface area contributed by atoms with E-state index in [2.05, 4.69) is 37.0 Å². The van der Waals surface area contributed by atoms with E-state index in [9.17, 15) is 13.6 Å². The lowest BCUT2D eigenvalue weighted by atomic mass is 9.79. The molecule has 0 spiro atoms. The number of rotatable bonds is 7. The summed E-state index contributed by atoms with van der Waals surface area (Å²) >= 11 is 0. The second-order valence-electron chi connectivity index (χ2n) is 10.4. The molecule has 2 aliphatic rings. The van der Waals surface area contributed by atoms with Crippen LogP contribution in [-0.4, -0.2) is 34.1 Å². The van der Waals surface area contributed by atoms with Crippen molar-refractivity contribution in [1.82, 2.24) is 9.88 Å². The van der Waals surface area contributed by atoms with Crippen LogP contribution >= 0.6 is 9.24 Å². The van der Waals surface area contributed by atoms with Gasteiger partial charge in [-0.15, -0.1) is 0 Å². The summed E-state index contributed by atoms with van der Waals surface area (Å²) in [5, 5.41) is 0. The fourth-order valence-corrected chi connectivity index (χ4v) is 5.54. The van der Waals surface area contributed by atoms with E-state index in [-0.39, 0.29) is 23.2 Å². The smallest absolute Gasteiger partial charge is 0.300 e. The van der Waals surface area contributed by atoms with Crippen molar-refractivity contribution in [3.8, 4) is 0 Å². The Kier molecular flexibility index (Phi) is 8.51. The highest BCUT2D eigenvalue weighted by Gasteiger charge is 2.36. The quantitative estimate of drug-likeness (QED) is 0.387. The molecule has 38 heavy (non-hydrogen) atoms. The van der Waals surface area contributed by atoms with Gasteiger partial charge in [0.15, 0.2) is 0 Å². The van der Waals surface area contributed by atoms with Gasteiger partial charge in [0.2, 0.25) is 0 Å². The molecule has 2 heterocycles. The number of alkyl halides is 2. The van der Waals surface area contributed by atoms with E-state index in [0.717, 1.165) is 46.9 Å². The van der Waals surface area contributed by atoms with Gasteiger partial charge in [0.05, 0.1) is 17.3 Å². The first-order valence-electron chi connectivity index (χ1n) is 13.5. The van der Waals surface area contributed by atoms with Crippen molar-refractivity contribution in [1.29, 1.82) is 0 Å². The summed E-state index contributed by atoms with van der Waals surface area (Å²) in [6, 6.07) is 7.28. The Morgan fingerprint density at radius 3 is 2.55 bits per heavy atom. The Bertz CT molecular complexity index is 1270. The number of piperidine rings is 1. The van der Waals surface area contributed by atoms with Crippen LogP contribution in [0, 0.1) is 6.92 Å². The molecular weight excluding hydrogens is 503 g/mol. The van der Waals surface area contributed by atoms with E-state index in [1.807, 2.05) is 6.92 Å². The first kappa shape index (κ1) is 28.2. The van der Waals surface area contributed by atoms with Crippen LogP contribution in [0.5, 0.6) is 0 Å². The van der Waals surface area contributed by atoms with E-state index in [1.165, 1.54) is 34.1 Å². The van der Waals surface area contributed by atoms with Crippen LogP contribution in [0.3, 0.4) is 0 Å². The number of hydrogen-bond acceptors (Lipinski definition) is 5. The van der Waals surface area contributed by atoms with Gasteiger partial charge in [-0.3, -0.25) is 14.8 Å². The van der Waals surface area contributed by atoms with Gasteiger partial charge in [0.1, 0.15) is 5.69 Å². The molecule has 0 radical (unpaired) electrons. The van der Waals surface area contributed by atoms with Crippen molar-refractivity contribution in [3.63, 3.8) is 0 Å². The number of allylic oxidation sites excluding steroid dienone is 1. The molecule has 1 aliphatic carbocycles. The van der Waals surface area contributed by atoms with Gasteiger partial charge >= 0.3 is 0 Å². The summed E-state index contributed by atoms with van der Waals surface area (Å²) in [7, 11) is 1.44. The lowest BCUT2D eigenvalue weighted by Gasteiger charge is -2.39. The molecule has 1 aromatic heterocycles. The third kappa shape index (κ3) is 5.75. The largest absolute Gasteiger partial charge is 0.402 e.